The van der Waals surface area contributed by atoms with Gasteiger partial charge in [-0.25, -0.2) is 0 Å². The van der Waals surface area contributed by atoms with Crippen molar-refractivity contribution in [3.8, 4) is 0 Å². The number of methoxy groups -OCH3 is 1. The molecule has 0 aliphatic rings. The quantitative estimate of drug-likeness (QED) is 0.536. The third kappa shape index (κ3) is 6.58. The Labute approximate surface area is 166 Å². The molecule has 27 heavy (non-hydrogen) atoms. The second kappa shape index (κ2) is 9.94. The maximum Gasteiger partial charge on any atom is 0.305 e. The van der Waals surface area contributed by atoms with E-state index >= 15 is 0 Å². The van der Waals surface area contributed by atoms with Gasteiger partial charge in [-0.2, -0.15) is 0 Å². The molecule has 8 heteroatoms. The highest BCUT2D eigenvalue weighted by molar-refractivity contribution is 6.35. The Bertz CT molecular complexity index is 818. The van der Waals surface area contributed by atoms with E-state index < -0.39 is 0 Å². The zero-order valence-corrected chi connectivity index (χ0v) is 16.1. The summed E-state index contributed by atoms with van der Waals surface area (Å²) in [7, 11) is 1.32. The summed E-state index contributed by atoms with van der Waals surface area (Å²) in [5.74, 6) is -0.941. The molecule has 2 aromatic rings. The van der Waals surface area contributed by atoms with Gasteiger partial charge in [-0.1, -0.05) is 23.2 Å². The lowest BCUT2D eigenvalue weighted by Gasteiger charge is -2.08. The first kappa shape index (κ1) is 20.7. The molecule has 0 aromatic heterocycles. The fourth-order valence-corrected chi connectivity index (χ4v) is 2.76. The summed E-state index contributed by atoms with van der Waals surface area (Å²) in [6.07, 6.45) is 0.740. The fraction of sp³-hybridized carbons (Fsp3) is 0.211. The van der Waals surface area contributed by atoms with Crippen molar-refractivity contribution >= 4 is 46.7 Å². The average Bonchev–Trinajstić information content (AvgIpc) is 2.64. The van der Waals surface area contributed by atoms with E-state index in [1.54, 1.807) is 30.3 Å². The Hall–Kier alpha value is -2.57. The molecular formula is C19H18Cl2N2O4. The summed E-state index contributed by atoms with van der Waals surface area (Å²) < 4.78 is 4.53. The fourth-order valence-electron chi connectivity index (χ4n) is 2.23. The maximum atomic E-state index is 12.2. The molecular weight excluding hydrogens is 391 g/mol. The molecule has 2 N–H and O–H groups in total. The maximum absolute atomic E-state index is 12.2. The SMILES string of the molecule is COC(=O)CCCNC(=O)c1ccc(NC(=O)c2cc(Cl)cc(Cl)c2)cc1. The van der Waals surface area contributed by atoms with Crippen LogP contribution in [0.25, 0.3) is 0 Å². The highest BCUT2D eigenvalue weighted by atomic mass is 35.5. The second-order valence-electron chi connectivity index (χ2n) is 5.63. The van der Waals surface area contributed by atoms with E-state index in [4.69, 9.17) is 23.2 Å². The Morgan fingerprint density at radius 3 is 2.15 bits per heavy atom. The minimum atomic E-state index is -0.362. The molecule has 0 unspecified atom stereocenters. The summed E-state index contributed by atoms with van der Waals surface area (Å²) in [6.45, 7) is 0.363. The van der Waals surface area contributed by atoms with Crippen molar-refractivity contribution in [1.82, 2.24) is 5.32 Å². The first-order valence-electron chi connectivity index (χ1n) is 8.11. The summed E-state index contributed by atoms with van der Waals surface area (Å²) in [6, 6.07) is 11.0. The highest BCUT2D eigenvalue weighted by Gasteiger charge is 2.10. The van der Waals surface area contributed by atoms with E-state index in [0.717, 1.165) is 0 Å². The van der Waals surface area contributed by atoms with E-state index in [0.29, 0.717) is 39.8 Å². The number of esters is 1. The minimum Gasteiger partial charge on any atom is -0.469 e. The predicted molar refractivity (Wildman–Crippen MR) is 104 cm³/mol. The van der Waals surface area contributed by atoms with Crippen LogP contribution in [-0.4, -0.2) is 31.4 Å². The van der Waals surface area contributed by atoms with Crippen molar-refractivity contribution in [3.05, 3.63) is 63.6 Å². The van der Waals surface area contributed by atoms with Gasteiger partial charge in [0.15, 0.2) is 0 Å². The molecule has 0 saturated heterocycles. The Morgan fingerprint density at radius 2 is 1.56 bits per heavy atom. The van der Waals surface area contributed by atoms with Crippen LogP contribution in [0.15, 0.2) is 42.5 Å². The average molecular weight is 409 g/mol. The molecule has 2 rings (SSSR count). The van der Waals surface area contributed by atoms with Gasteiger partial charge < -0.3 is 15.4 Å². The van der Waals surface area contributed by atoms with Gasteiger partial charge in [-0.3, -0.25) is 14.4 Å². The van der Waals surface area contributed by atoms with Crippen LogP contribution in [0.2, 0.25) is 10.0 Å². The zero-order chi connectivity index (χ0) is 19.8. The van der Waals surface area contributed by atoms with Gasteiger partial charge >= 0.3 is 5.97 Å². The van der Waals surface area contributed by atoms with Crippen LogP contribution >= 0.6 is 23.2 Å². The normalized spacial score (nSPS) is 10.2. The molecule has 0 heterocycles. The Morgan fingerprint density at radius 1 is 0.926 bits per heavy atom. The molecule has 0 spiro atoms. The first-order chi connectivity index (χ1) is 12.9. The van der Waals surface area contributed by atoms with Gasteiger partial charge in [-0.15, -0.1) is 0 Å². The van der Waals surface area contributed by atoms with E-state index in [2.05, 4.69) is 15.4 Å². The number of carbonyl (C=O) groups excluding carboxylic acids is 3. The lowest BCUT2D eigenvalue weighted by Crippen LogP contribution is -2.25. The number of hydrogen-bond acceptors (Lipinski definition) is 4. The van der Waals surface area contributed by atoms with Crippen LogP contribution in [0.4, 0.5) is 5.69 Å². The molecule has 0 radical (unpaired) electrons. The monoisotopic (exact) mass is 408 g/mol. The third-order valence-electron chi connectivity index (χ3n) is 3.60. The number of benzene rings is 2. The molecule has 0 atom stereocenters. The van der Waals surface area contributed by atoms with Crippen molar-refractivity contribution in [1.29, 1.82) is 0 Å². The molecule has 0 fully saturated rings. The molecule has 2 amide bonds. The Kier molecular flexibility index (Phi) is 7.64. The number of rotatable bonds is 7. The molecule has 2 aromatic carbocycles. The van der Waals surface area contributed by atoms with Crippen molar-refractivity contribution in [2.24, 2.45) is 0 Å². The smallest absolute Gasteiger partial charge is 0.305 e. The van der Waals surface area contributed by atoms with Crippen molar-refractivity contribution in [3.63, 3.8) is 0 Å². The standard InChI is InChI=1S/C19H18Cl2N2O4/c1-27-17(24)3-2-8-22-18(25)12-4-6-16(7-5-12)23-19(26)13-9-14(20)11-15(21)10-13/h4-7,9-11H,2-3,8H2,1H3,(H,22,25)(H,23,26). The zero-order valence-electron chi connectivity index (χ0n) is 14.6. The van der Waals surface area contributed by atoms with Crippen LogP contribution < -0.4 is 10.6 Å². The third-order valence-corrected chi connectivity index (χ3v) is 4.04. The lowest BCUT2D eigenvalue weighted by atomic mass is 10.1. The molecule has 6 nitrogen and oxygen atoms in total. The van der Waals surface area contributed by atoms with Crippen LogP contribution in [0.3, 0.4) is 0 Å². The number of nitrogens with one attached hydrogen (secondary N) is 2. The molecule has 0 saturated carbocycles. The van der Waals surface area contributed by atoms with E-state index in [1.165, 1.54) is 19.2 Å². The highest BCUT2D eigenvalue weighted by Crippen LogP contribution is 2.20. The lowest BCUT2D eigenvalue weighted by molar-refractivity contribution is -0.140. The van der Waals surface area contributed by atoms with E-state index in [-0.39, 0.29) is 24.2 Å². The van der Waals surface area contributed by atoms with Crippen LogP contribution in [0, 0.1) is 0 Å². The summed E-state index contributed by atoms with van der Waals surface area (Å²) >= 11 is 11.8. The van der Waals surface area contributed by atoms with Gasteiger partial charge in [0.05, 0.1) is 7.11 Å². The number of hydrogen-bond donors (Lipinski definition) is 2. The largest absolute Gasteiger partial charge is 0.469 e. The van der Waals surface area contributed by atoms with Crippen molar-refractivity contribution in [2.45, 2.75) is 12.8 Å². The number of halogens is 2. The van der Waals surface area contributed by atoms with Gasteiger partial charge in [0.2, 0.25) is 0 Å². The summed E-state index contributed by atoms with van der Waals surface area (Å²) in [4.78, 5) is 35.3. The van der Waals surface area contributed by atoms with Crippen LogP contribution in [-0.2, 0) is 9.53 Å². The number of anilines is 1. The van der Waals surface area contributed by atoms with Gasteiger partial charge in [0.1, 0.15) is 0 Å². The van der Waals surface area contributed by atoms with Crippen molar-refractivity contribution < 1.29 is 19.1 Å². The molecule has 0 bridgehead atoms. The number of ether oxygens (including phenoxy) is 1. The predicted octanol–water partition coefficient (Wildman–Crippen LogP) is 3.93. The van der Waals surface area contributed by atoms with Crippen LogP contribution in [0.1, 0.15) is 33.6 Å². The van der Waals surface area contributed by atoms with E-state index in [9.17, 15) is 14.4 Å². The molecule has 142 valence electrons. The van der Waals surface area contributed by atoms with Gasteiger partial charge in [-0.05, 0) is 48.9 Å². The second-order valence-corrected chi connectivity index (χ2v) is 6.50. The summed E-state index contributed by atoms with van der Waals surface area (Å²) in [5.41, 5.74) is 1.30. The molecule has 0 aliphatic heterocycles. The van der Waals surface area contributed by atoms with Crippen LogP contribution in [0.5, 0.6) is 0 Å². The summed E-state index contributed by atoms with van der Waals surface area (Å²) in [5, 5.41) is 6.16. The first-order valence-corrected chi connectivity index (χ1v) is 8.87. The number of carbonyl (C=O) groups is 3. The minimum absolute atomic E-state index is 0.245. The van der Waals surface area contributed by atoms with Gasteiger partial charge in [0, 0.05) is 39.8 Å². The van der Waals surface area contributed by atoms with Crippen molar-refractivity contribution in [2.75, 3.05) is 19.0 Å². The number of amides is 2. The van der Waals surface area contributed by atoms with Gasteiger partial charge in [0.25, 0.3) is 11.8 Å². The molecule has 0 aliphatic carbocycles. The topological polar surface area (TPSA) is 84.5 Å². The Balaban J connectivity index is 1.89. The van der Waals surface area contributed by atoms with E-state index in [1.807, 2.05) is 0 Å².